The monoisotopic (exact) mass is 502 g/mol. The van der Waals surface area contributed by atoms with Crippen molar-refractivity contribution in [3.8, 4) is 5.69 Å². The standard InChI is InChI=1S/C26H29F3N4O3/c1-5-18-15-31(21-12-16(3)17(4)13-22(21)32(18)25(35)36-6-2)24(34)20-14-30-33(23(20)26(27,28)29)19-10-8-7-9-11-19/h7-12,14,18,22H,5-6,13,15H2,1-4H3. The average molecular weight is 503 g/mol. The number of allylic oxidation sites excluding steroid dienone is 2. The van der Waals surface area contributed by atoms with Crippen molar-refractivity contribution >= 4 is 12.0 Å². The minimum absolute atomic E-state index is 0.0522. The van der Waals surface area contributed by atoms with Gasteiger partial charge in [0.15, 0.2) is 5.69 Å². The number of rotatable bonds is 4. The largest absolute Gasteiger partial charge is 0.450 e. The Morgan fingerprint density at radius 3 is 2.44 bits per heavy atom. The summed E-state index contributed by atoms with van der Waals surface area (Å²) < 4.78 is 48.9. The molecule has 1 aliphatic heterocycles. The van der Waals surface area contributed by atoms with Crippen LogP contribution in [0.2, 0.25) is 0 Å². The minimum Gasteiger partial charge on any atom is -0.450 e. The van der Waals surface area contributed by atoms with Crippen LogP contribution < -0.4 is 0 Å². The molecule has 36 heavy (non-hydrogen) atoms. The summed E-state index contributed by atoms with van der Waals surface area (Å²) >= 11 is 0. The predicted octanol–water partition coefficient (Wildman–Crippen LogP) is 5.58. The van der Waals surface area contributed by atoms with E-state index < -0.39 is 41.5 Å². The van der Waals surface area contributed by atoms with Crippen LogP contribution in [0.1, 0.15) is 56.6 Å². The molecule has 2 heterocycles. The third-order valence-corrected chi connectivity index (χ3v) is 6.78. The van der Waals surface area contributed by atoms with Crippen molar-refractivity contribution in [3.63, 3.8) is 0 Å². The van der Waals surface area contributed by atoms with Crippen LogP contribution in [0.5, 0.6) is 0 Å². The first-order chi connectivity index (χ1) is 17.1. The summed E-state index contributed by atoms with van der Waals surface area (Å²) in [5.41, 5.74) is 0.974. The van der Waals surface area contributed by atoms with Crippen molar-refractivity contribution in [3.05, 3.63) is 70.7 Å². The van der Waals surface area contributed by atoms with Crippen LogP contribution >= 0.6 is 0 Å². The van der Waals surface area contributed by atoms with Gasteiger partial charge in [0.2, 0.25) is 0 Å². The highest BCUT2D eigenvalue weighted by Crippen LogP contribution is 2.39. The maximum absolute atomic E-state index is 14.3. The Balaban J connectivity index is 1.81. The molecule has 0 radical (unpaired) electrons. The van der Waals surface area contributed by atoms with Crippen LogP contribution in [-0.4, -0.2) is 56.8 Å². The molecule has 192 valence electrons. The number of carbonyl (C=O) groups is 2. The molecule has 4 rings (SSSR count). The summed E-state index contributed by atoms with van der Waals surface area (Å²) in [6, 6.07) is 6.96. The Morgan fingerprint density at radius 2 is 1.83 bits per heavy atom. The summed E-state index contributed by atoms with van der Waals surface area (Å²) in [5, 5.41) is 3.94. The topological polar surface area (TPSA) is 67.7 Å². The average Bonchev–Trinajstić information content (AvgIpc) is 3.30. The summed E-state index contributed by atoms with van der Waals surface area (Å²) in [6.07, 6.45) is -1.58. The van der Waals surface area contributed by atoms with Gasteiger partial charge in [-0.05, 0) is 51.8 Å². The molecule has 1 fully saturated rings. The van der Waals surface area contributed by atoms with Crippen molar-refractivity contribution in [2.45, 2.75) is 58.8 Å². The maximum atomic E-state index is 14.3. The minimum atomic E-state index is -4.82. The van der Waals surface area contributed by atoms with Gasteiger partial charge >= 0.3 is 12.3 Å². The lowest BCUT2D eigenvalue weighted by molar-refractivity contribution is -0.143. The number of hydrogen-bond donors (Lipinski definition) is 0. The van der Waals surface area contributed by atoms with E-state index >= 15 is 0 Å². The molecule has 0 bridgehead atoms. The first kappa shape index (κ1) is 25.5. The fraction of sp³-hybridized carbons (Fsp3) is 0.423. The second-order valence-electron chi connectivity index (χ2n) is 8.99. The molecule has 10 heteroatoms. The Kier molecular flexibility index (Phi) is 6.97. The SMILES string of the molecule is CCOC(=O)N1C(CC)CN(C(=O)c2cnn(-c3ccccc3)c2C(F)(F)F)C2=CC(C)=C(C)CC21. The van der Waals surface area contributed by atoms with E-state index in [2.05, 4.69) is 5.10 Å². The van der Waals surface area contributed by atoms with Gasteiger partial charge in [-0.3, -0.25) is 9.69 Å². The van der Waals surface area contributed by atoms with Crippen molar-refractivity contribution in [1.29, 1.82) is 0 Å². The number of hydrogen-bond acceptors (Lipinski definition) is 4. The lowest BCUT2D eigenvalue weighted by atomic mass is 9.88. The van der Waals surface area contributed by atoms with E-state index in [1.165, 1.54) is 17.0 Å². The van der Waals surface area contributed by atoms with E-state index in [-0.39, 0.29) is 18.8 Å². The molecule has 1 aliphatic carbocycles. The Hall–Kier alpha value is -3.56. The second-order valence-corrected chi connectivity index (χ2v) is 8.99. The molecule has 0 spiro atoms. The number of piperazine rings is 1. The van der Waals surface area contributed by atoms with Gasteiger partial charge in [0.1, 0.15) is 0 Å². The molecule has 0 saturated carbocycles. The molecule has 2 atom stereocenters. The first-order valence-electron chi connectivity index (χ1n) is 11.9. The molecule has 1 saturated heterocycles. The highest BCUT2D eigenvalue weighted by molar-refractivity contribution is 5.97. The van der Waals surface area contributed by atoms with Gasteiger partial charge in [0.25, 0.3) is 5.91 Å². The van der Waals surface area contributed by atoms with Crippen molar-refractivity contribution < 1.29 is 27.5 Å². The molecule has 1 aromatic heterocycles. The van der Waals surface area contributed by atoms with Gasteiger partial charge in [-0.2, -0.15) is 18.3 Å². The molecule has 2 aromatic rings. The number of aromatic nitrogens is 2. The van der Waals surface area contributed by atoms with Crippen molar-refractivity contribution in [2.75, 3.05) is 13.2 Å². The molecule has 1 aromatic carbocycles. The zero-order valence-electron chi connectivity index (χ0n) is 20.7. The number of halogens is 3. The zero-order chi connectivity index (χ0) is 26.2. The van der Waals surface area contributed by atoms with E-state index in [4.69, 9.17) is 4.74 Å². The number of alkyl halides is 3. The predicted molar refractivity (Wildman–Crippen MR) is 127 cm³/mol. The van der Waals surface area contributed by atoms with Gasteiger partial charge in [0, 0.05) is 12.2 Å². The van der Waals surface area contributed by atoms with E-state index in [9.17, 15) is 22.8 Å². The number of fused-ring (bicyclic) bond motifs is 1. The van der Waals surface area contributed by atoms with Gasteiger partial charge in [-0.1, -0.05) is 36.3 Å². The zero-order valence-corrected chi connectivity index (χ0v) is 20.7. The van der Waals surface area contributed by atoms with Crippen LogP contribution in [0.15, 0.2) is 59.4 Å². The van der Waals surface area contributed by atoms with Gasteiger partial charge in [-0.15, -0.1) is 0 Å². The number of ether oxygens (including phenoxy) is 1. The Morgan fingerprint density at radius 1 is 1.14 bits per heavy atom. The van der Waals surface area contributed by atoms with Crippen LogP contribution in [0.3, 0.4) is 0 Å². The Bertz CT molecular complexity index is 1220. The summed E-state index contributed by atoms with van der Waals surface area (Å²) in [7, 11) is 0. The van der Waals surface area contributed by atoms with Crippen LogP contribution in [-0.2, 0) is 10.9 Å². The number of para-hydroxylation sites is 1. The highest BCUT2D eigenvalue weighted by Gasteiger charge is 2.47. The summed E-state index contributed by atoms with van der Waals surface area (Å²) in [4.78, 5) is 29.7. The van der Waals surface area contributed by atoms with Crippen molar-refractivity contribution in [1.82, 2.24) is 19.6 Å². The number of carbonyl (C=O) groups excluding carboxylic acids is 2. The normalized spacial score (nSPS) is 20.2. The van der Waals surface area contributed by atoms with E-state index in [0.717, 1.165) is 22.0 Å². The maximum Gasteiger partial charge on any atom is 0.434 e. The fourth-order valence-electron chi connectivity index (χ4n) is 4.84. The number of benzene rings is 1. The smallest absolute Gasteiger partial charge is 0.434 e. The lowest BCUT2D eigenvalue weighted by Gasteiger charge is -2.49. The van der Waals surface area contributed by atoms with Gasteiger partial charge in [0.05, 0.1) is 36.1 Å². The molecule has 2 unspecified atom stereocenters. The highest BCUT2D eigenvalue weighted by atomic mass is 19.4. The third kappa shape index (κ3) is 4.52. The number of nitrogens with zero attached hydrogens (tertiary/aromatic N) is 4. The van der Waals surface area contributed by atoms with Crippen molar-refractivity contribution in [2.24, 2.45) is 0 Å². The molecular formula is C26H29F3N4O3. The third-order valence-electron chi connectivity index (χ3n) is 6.78. The molecular weight excluding hydrogens is 473 g/mol. The molecule has 2 aliphatic rings. The van der Waals surface area contributed by atoms with Gasteiger partial charge in [-0.25, -0.2) is 9.48 Å². The van der Waals surface area contributed by atoms with Crippen LogP contribution in [0.4, 0.5) is 18.0 Å². The van der Waals surface area contributed by atoms with Crippen LogP contribution in [0.25, 0.3) is 5.69 Å². The van der Waals surface area contributed by atoms with E-state index in [0.29, 0.717) is 18.5 Å². The first-order valence-corrected chi connectivity index (χ1v) is 11.9. The van der Waals surface area contributed by atoms with Gasteiger partial charge < -0.3 is 9.64 Å². The van der Waals surface area contributed by atoms with Crippen LogP contribution in [0, 0.1) is 0 Å². The quantitative estimate of drug-likeness (QED) is 0.548. The Labute approximate surface area is 207 Å². The second kappa shape index (κ2) is 9.83. The number of amides is 2. The summed E-state index contributed by atoms with van der Waals surface area (Å²) in [6.45, 7) is 7.67. The van der Waals surface area contributed by atoms with E-state index in [1.807, 2.05) is 20.8 Å². The van der Waals surface area contributed by atoms with E-state index in [1.54, 1.807) is 36.1 Å². The molecule has 2 amide bonds. The molecule has 0 N–H and O–H groups in total. The molecule has 7 nitrogen and oxygen atoms in total. The fourth-order valence-corrected chi connectivity index (χ4v) is 4.84. The lowest BCUT2D eigenvalue weighted by Crippen LogP contribution is -2.60. The summed E-state index contributed by atoms with van der Waals surface area (Å²) in [5.74, 6) is -0.796.